The lowest BCUT2D eigenvalue weighted by Gasteiger charge is -2.12. The Hall–Kier alpha value is -2.54. The Morgan fingerprint density at radius 2 is 1.95 bits per heavy atom. The average molecular weight is 256 g/mol. The molecule has 2 aromatic carbocycles. The van der Waals surface area contributed by atoms with Crippen molar-refractivity contribution in [3.63, 3.8) is 0 Å². The van der Waals surface area contributed by atoms with Crippen molar-refractivity contribution in [1.82, 2.24) is 0 Å². The highest BCUT2D eigenvalue weighted by atomic mass is 19.1. The highest BCUT2D eigenvalue weighted by Crippen LogP contribution is 2.30. The van der Waals surface area contributed by atoms with Crippen LogP contribution in [0.4, 0.5) is 15.8 Å². The van der Waals surface area contributed by atoms with Crippen molar-refractivity contribution >= 4 is 11.4 Å². The standard InChI is InChI=1S/C15H13FN2O/c1-10-3-4-11(9-17)14(7-10)18-13-6-5-12(16)8-15(13)19-2/h3-8,18H,1-2H3. The maximum absolute atomic E-state index is 13.1. The van der Waals surface area contributed by atoms with E-state index in [1.54, 1.807) is 12.1 Å². The SMILES string of the molecule is COc1cc(F)ccc1Nc1cc(C)ccc1C#N. The van der Waals surface area contributed by atoms with Gasteiger partial charge in [0.1, 0.15) is 17.6 Å². The summed E-state index contributed by atoms with van der Waals surface area (Å²) in [6.45, 7) is 1.94. The van der Waals surface area contributed by atoms with Crippen LogP contribution in [-0.4, -0.2) is 7.11 Å². The fourth-order valence-electron chi connectivity index (χ4n) is 1.77. The van der Waals surface area contributed by atoms with Crippen molar-refractivity contribution in [2.24, 2.45) is 0 Å². The molecule has 2 rings (SSSR count). The number of nitrogens with one attached hydrogen (secondary N) is 1. The number of ether oxygens (including phenoxy) is 1. The Morgan fingerprint density at radius 3 is 2.63 bits per heavy atom. The molecule has 0 saturated heterocycles. The van der Waals surface area contributed by atoms with E-state index in [0.717, 1.165) is 5.56 Å². The van der Waals surface area contributed by atoms with Gasteiger partial charge in [-0.3, -0.25) is 0 Å². The van der Waals surface area contributed by atoms with Gasteiger partial charge in [0.25, 0.3) is 0 Å². The zero-order chi connectivity index (χ0) is 13.8. The van der Waals surface area contributed by atoms with Crippen molar-refractivity contribution in [2.45, 2.75) is 6.92 Å². The smallest absolute Gasteiger partial charge is 0.145 e. The van der Waals surface area contributed by atoms with Gasteiger partial charge in [0.2, 0.25) is 0 Å². The van der Waals surface area contributed by atoms with Gasteiger partial charge >= 0.3 is 0 Å². The topological polar surface area (TPSA) is 45.0 Å². The third-order valence-electron chi connectivity index (χ3n) is 2.73. The van der Waals surface area contributed by atoms with E-state index in [0.29, 0.717) is 22.7 Å². The van der Waals surface area contributed by atoms with Crippen LogP contribution in [0, 0.1) is 24.1 Å². The predicted octanol–water partition coefficient (Wildman–Crippen LogP) is 3.76. The molecule has 0 bridgehead atoms. The number of benzene rings is 2. The number of nitriles is 1. The molecule has 0 heterocycles. The van der Waals surface area contributed by atoms with Crippen molar-refractivity contribution < 1.29 is 9.13 Å². The van der Waals surface area contributed by atoms with Crippen LogP contribution in [0.1, 0.15) is 11.1 Å². The molecule has 1 N–H and O–H groups in total. The van der Waals surface area contributed by atoms with Gasteiger partial charge in [0.15, 0.2) is 0 Å². The second-order valence-electron chi connectivity index (χ2n) is 4.13. The van der Waals surface area contributed by atoms with Crippen LogP contribution in [0.2, 0.25) is 0 Å². The zero-order valence-electron chi connectivity index (χ0n) is 10.7. The van der Waals surface area contributed by atoms with E-state index in [-0.39, 0.29) is 5.82 Å². The molecule has 19 heavy (non-hydrogen) atoms. The number of hydrogen-bond acceptors (Lipinski definition) is 3. The first-order valence-corrected chi connectivity index (χ1v) is 5.75. The monoisotopic (exact) mass is 256 g/mol. The number of halogens is 1. The number of hydrogen-bond donors (Lipinski definition) is 1. The molecule has 3 nitrogen and oxygen atoms in total. The Labute approximate surface area is 111 Å². The molecule has 2 aromatic rings. The van der Waals surface area contributed by atoms with Gasteiger partial charge in [0, 0.05) is 6.07 Å². The summed E-state index contributed by atoms with van der Waals surface area (Å²) in [7, 11) is 1.47. The Bertz CT molecular complexity index is 647. The number of nitrogens with zero attached hydrogens (tertiary/aromatic N) is 1. The molecule has 0 fully saturated rings. The summed E-state index contributed by atoms with van der Waals surface area (Å²) in [4.78, 5) is 0. The van der Waals surface area contributed by atoms with Gasteiger partial charge in [-0.15, -0.1) is 0 Å². The van der Waals surface area contributed by atoms with E-state index >= 15 is 0 Å². The second kappa shape index (κ2) is 5.40. The fraction of sp³-hybridized carbons (Fsp3) is 0.133. The predicted molar refractivity (Wildman–Crippen MR) is 72.1 cm³/mol. The van der Waals surface area contributed by atoms with Crippen LogP contribution >= 0.6 is 0 Å². The number of rotatable bonds is 3. The second-order valence-corrected chi connectivity index (χ2v) is 4.13. The first-order valence-electron chi connectivity index (χ1n) is 5.75. The highest BCUT2D eigenvalue weighted by molar-refractivity contribution is 5.71. The maximum atomic E-state index is 13.1. The van der Waals surface area contributed by atoms with Crippen LogP contribution in [0.25, 0.3) is 0 Å². The molecule has 0 aromatic heterocycles. The molecular formula is C15H13FN2O. The largest absolute Gasteiger partial charge is 0.494 e. The summed E-state index contributed by atoms with van der Waals surface area (Å²) < 4.78 is 18.2. The molecule has 0 atom stereocenters. The number of aryl methyl sites for hydroxylation is 1. The van der Waals surface area contributed by atoms with Crippen LogP contribution in [0.15, 0.2) is 36.4 Å². The van der Waals surface area contributed by atoms with Crippen molar-refractivity contribution in [2.75, 3.05) is 12.4 Å². The molecule has 0 amide bonds. The van der Waals surface area contributed by atoms with E-state index in [1.165, 1.54) is 19.2 Å². The molecule has 0 aliphatic carbocycles. The van der Waals surface area contributed by atoms with Crippen LogP contribution in [0.5, 0.6) is 5.75 Å². The third kappa shape index (κ3) is 2.83. The van der Waals surface area contributed by atoms with Crippen molar-refractivity contribution in [1.29, 1.82) is 5.26 Å². The molecule has 0 spiro atoms. The van der Waals surface area contributed by atoms with Crippen molar-refractivity contribution in [3.8, 4) is 11.8 Å². The highest BCUT2D eigenvalue weighted by Gasteiger charge is 2.08. The summed E-state index contributed by atoms with van der Waals surface area (Å²) in [5, 5.41) is 12.2. The molecule has 0 unspecified atom stereocenters. The minimum Gasteiger partial charge on any atom is -0.494 e. The Kier molecular flexibility index (Phi) is 3.67. The van der Waals surface area contributed by atoms with Gasteiger partial charge in [-0.05, 0) is 36.8 Å². The minimum absolute atomic E-state index is 0.368. The van der Waals surface area contributed by atoms with Gasteiger partial charge < -0.3 is 10.1 Å². The molecule has 0 aliphatic rings. The maximum Gasteiger partial charge on any atom is 0.145 e. The van der Waals surface area contributed by atoms with E-state index in [1.807, 2.05) is 19.1 Å². The molecule has 0 aliphatic heterocycles. The normalized spacial score (nSPS) is 9.79. The molecular weight excluding hydrogens is 243 g/mol. The number of anilines is 2. The summed E-state index contributed by atoms with van der Waals surface area (Å²) in [5.41, 5.74) is 2.85. The lowest BCUT2D eigenvalue weighted by molar-refractivity contribution is 0.413. The fourth-order valence-corrected chi connectivity index (χ4v) is 1.77. The Morgan fingerprint density at radius 1 is 1.16 bits per heavy atom. The lowest BCUT2D eigenvalue weighted by Crippen LogP contribution is -1.97. The van der Waals surface area contributed by atoms with Gasteiger partial charge in [-0.1, -0.05) is 6.07 Å². The van der Waals surface area contributed by atoms with Crippen LogP contribution in [-0.2, 0) is 0 Å². The van der Waals surface area contributed by atoms with E-state index in [4.69, 9.17) is 10.00 Å². The molecule has 4 heteroatoms. The molecule has 0 saturated carbocycles. The van der Waals surface area contributed by atoms with E-state index < -0.39 is 0 Å². The summed E-state index contributed by atoms with van der Waals surface area (Å²) in [6, 6.07) is 11.8. The number of methoxy groups -OCH3 is 1. The Balaban J connectivity index is 2.41. The summed E-state index contributed by atoms with van der Waals surface area (Å²) in [5.74, 6) is 0.0255. The van der Waals surface area contributed by atoms with E-state index in [9.17, 15) is 4.39 Å². The first kappa shape index (κ1) is 12.9. The van der Waals surface area contributed by atoms with Crippen molar-refractivity contribution in [3.05, 3.63) is 53.3 Å². The molecule has 96 valence electrons. The van der Waals surface area contributed by atoms with Gasteiger partial charge in [0.05, 0.1) is 24.0 Å². The van der Waals surface area contributed by atoms with Gasteiger partial charge in [-0.25, -0.2) is 4.39 Å². The zero-order valence-corrected chi connectivity index (χ0v) is 10.7. The quantitative estimate of drug-likeness (QED) is 0.909. The lowest BCUT2D eigenvalue weighted by atomic mass is 10.1. The van der Waals surface area contributed by atoms with E-state index in [2.05, 4.69) is 11.4 Å². The summed E-state index contributed by atoms with van der Waals surface area (Å²) >= 11 is 0. The minimum atomic E-state index is -0.368. The third-order valence-corrected chi connectivity index (χ3v) is 2.73. The summed E-state index contributed by atoms with van der Waals surface area (Å²) in [6.07, 6.45) is 0. The van der Waals surface area contributed by atoms with Crippen LogP contribution in [0.3, 0.4) is 0 Å². The first-order chi connectivity index (χ1) is 9.13. The molecule has 0 radical (unpaired) electrons. The average Bonchev–Trinajstić information content (AvgIpc) is 2.41. The van der Waals surface area contributed by atoms with Crippen LogP contribution < -0.4 is 10.1 Å². The van der Waals surface area contributed by atoms with Gasteiger partial charge in [-0.2, -0.15) is 5.26 Å².